The molecule has 5 nitrogen and oxygen atoms in total. The van der Waals surface area contributed by atoms with Gasteiger partial charge in [-0.05, 0) is 43.2 Å². The number of aromatic carboxylic acids is 1. The molecule has 0 radical (unpaired) electrons. The smallest absolute Gasteiger partial charge is 0.335 e. The molecule has 0 amide bonds. The number of benzene rings is 2. The third-order valence-corrected chi connectivity index (χ3v) is 4.17. The average molecular weight is 335 g/mol. The van der Waals surface area contributed by atoms with E-state index in [9.17, 15) is 9.90 Å². The van der Waals surface area contributed by atoms with Crippen LogP contribution in [0.1, 0.15) is 47.3 Å². The summed E-state index contributed by atoms with van der Waals surface area (Å²) in [6, 6.07) is 13.4. The van der Waals surface area contributed by atoms with Crippen LogP contribution in [0.5, 0.6) is 0 Å². The highest BCUT2D eigenvalue weighted by Gasteiger charge is 2.17. The van der Waals surface area contributed by atoms with Crippen molar-refractivity contribution in [3.63, 3.8) is 0 Å². The van der Waals surface area contributed by atoms with Crippen LogP contribution in [0.15, 0.2) is 42.5 Å². The summed E-state index contributed by atoms with van der Waals surface area (Å²) in [6.45, 7) is 7.99. The predicted molar refractivity (Wildman–Crippen MR) is 97.3 cm³/mol. The Balaban J connectivity index is 2.23. The molecule has 0 atom stereocenters. The highest BCUT2D eigenvalue weighted by Crippen LogP contribution is 2.27. The van der Waals surface area contributed by atoms with Gasteiger partial charge in [0.25, 0.3) is 0 Å². The molecule has 0 saturated heterocycles. The van der Waals surface area contributed by atoms with Gasteiger partial charge < -0.3 is 5.11 Å². The number of hydrogen-bond donors (Lipinski definition) is 1. The Morgan fingerprint density at radius 3 is 2.28 bits per heavy atom. The molecule has 1 N–H and O–H groups in total. The Hall–Kier alpha value is -2.95. The summed E-state index contributed by atoms with van der Waals surface area (Å²) in [6.07, 6.45) is 0. The third-order valence-electron chi connectivity index (χ3n) is 4.17. The fourth-order valence-electron chi connectivity index (χ4n) is 2.85. The topological polar surface area (TPSA) is 68.0 Å². The number of rotatable bonds is 4. The fraction of sp³-hybridized carbons (Fsp3) is 0.250. The lowest BCUT2D eigenvalue weighted by Gasteiger charge is -2.14. The molecule has 2 aromatic carbocycles. The molecule has 128 valence electrons. The van der Waals surface area contributed by atoms with Gasteiger partial charge in [0.1, 0.15) is 11.6 Å². The van der Waals surface area contributed by atoms with Crippen LogP contribution < -0.4 is 0 Å². The van der Waals surface area contributed by atoms with Crippen molar-refractivity contribution in [2.75, 3.05) is 0 Å². The number of carboxylic acid groups (broad SMARTS) is 1. The summed E-state index contributed by atoms with van der Waals surface area (Å²) in [4.78, 5) is 11.6. The van der Waals surface area contributed by atoms with Crippen molar-refractivity contribution in [2.24, 2.45) is 0 Å². The van der Waals surface area contributed by atoms with Crippen molar-refractivity contribution in [2.45, 2.75) is 33.6 Å². The Labute approximate surface area is 147 Å². The number of hydrogen-bond acceptors (Lipinski definition) is 3. The highest BCUT2D eigenvalue weighted by molar-refractivity contribution is 5.90. The summed E-state index contributed by atoms with van der Waals surface area (Å²) in [7, 11) is 0. The minimum absolute atomic E-state index is 0.178. The van der Waals surface area contributed by atoms with Crippen LogP contribution in [0.25, 0.3) is 16.8 Å². The highest BCUT2D eigenvalue weighted by atomic mass is 16.4. The van der Waals surface area contributed by atoms with Gasteiger partial charge in [0.15, 0.2) is 0 Å². The first kappa shape index (κ1) is 16.9. The minimum atomic E-state index is -0.952. The molecule has 1 aromatic heterocycles. The van der Waals surface area contributed by atoms with Crippen molar-refractivity contribution in [3.8, 4) is 16.8 Å². The standard InChI is InChI=1S/C20H21N3O2/c1-12(2)19-22-21-14(4)23(19)18-10-16(9-17(11-18)20(24)25)15-7-5-13(3)6-8-15/h5-12H,1-4H3,(H,24,25). The van der Waals surface area contributed by atoms with Crippen LogP contribution in [-0.4, -0.2) is 25.8 Å². The maximum absolute atomic E-state index is 11.6. The van der Waals surface area contributed by atoms with Crippen LogP contribution >= 0.6 is 0 Å². The van der Waals surface area contributed by atoms with Crippen molar-refractivity contribution >= 4 is 5.97 Å². The van der Waals surface area contributed by atoms with Crippen molar-refractivity contribution in [1.82, 2.24) is 14.8 Å². The van der Waals surface area contributed by atoms with Gasteiger partial charge in [0, 0.05) is 5.92 Å². The number of aryl methyl sites for hydroxylation is 2. The number of aromatic nitrogens is 3. The lowest BCUT2D eigenvalue weighted by atomic mass is 10.0. The maximum atomic E-state index is 11.6. The second kappa shape index (κ2) is 6.51. The predicted octanol–water partition coefficient (Wildman–Crippen LogP) is 4.37. The van der Waals surface area contributed by atoms with E-state index >= 15 is 0 Å². The van der Waals surface area contributed by atoms with E-state index in [0.717, 1.165) is 34.0 Å². The van der Waals surface area contributed by atoms with Gasteiger partial charge in [-0.3, -0.25) is 4.57 Å². The Morgan fingerprint density at radius 2 is 1.68 bits per heavy atom. The lowest BCUT2D eigenvalue weighted by Crippen LogP contribution is -2.07. The second-order valence-corrected chi connectivity index (χ2v) is 6.54. The molecule has 1 heterocycles. The molecule has 3 rings (SSSR count). The quantitative estimate of drug-likeness (QED) is 0.768. The van der Waals surface area contributed by atoms with Crippen molar-refractivity contribution < 1.29 is 9.90 Å². The molecule has 0 bridgehead atoms. The lowest BCUT2D eigenvalue weighted by molar-refractivity contribution is 0.0697. The van der Waals surface area contributed by atoms with Gasteiger partial charge in [-0.2, -0.15) is 0 Å². The first-order valence-electron chi connectivity index (χ1n) is 8.24. The zero-order chi connectivity index (χ0) is 18.1. The van der Waals surface area contributed by atoms with E-state index in [-0.39, 0.29) is 11.5 Å². The molecule has 0 aliphatic rings. The maximum Gasteiger partial charge on any atom is 0.335 e. The monoisotopic (exact) mass is 335 g/mol. The average Bonchev–Trinajstić information content (AvgIpc) is 2.97. The van der Waals surface area contributed by atoms with Gasteiger partial charge in [-0.1, -0.05) is 43.7 Å². The summed E-state index contributed by atoms with van der Waals surface area (Å²) in [5, 5.41) is 17.9. The normalized spacial score (nSPS) is 11.1. The number of nitrogens with zero attached hydrogens (tertiary/aromatic N) is 3. The molecule has 0 saturated carbocycles. The zero-order valence-corrected chi connectivity index (χ0v) is 14.8. The molecule has 0 unspecified atom stereocenters. The molecule has 3 aromatic rings. The molecule has 5 heteroatoms. The van der Waals surface area contributed by atoms with E-state index in [2.05, 4.69) is 10.2 Å². The molecule has 0 aliphatic heterocycles. The zero-order valence-electron chi connectivity index (χ0n) is 14.8. The summed E-state index contributed by atoms with van der Waals surface area (Å²) >= 11 is 0. The van der Waals surface area contributed by atoms with Crippen LogP contribution in [0.3, 0.4) is 0 Å². The second-order valence-electron chi connectivity index (χ2n) is 6.54. The minimum Gasteiger partial charge on any atom is -0.478 e. The van der Waals surface area contributed by atoms with Gasteiger partial charge in [0.2, 0.25) is 0 Å². The number of carbonyl (C=O) groups is 1. The molecule has 0 spiro atoms. The summed E-state index contributed by atoms with van der Waals surface area (Å²) in [5.74, 6) is 0.778. The van der Waals surface area contributed by atoms with Crippen LogP contribution in [-0.2, 0) is 0 Å². The third kappa shape index (κ3) is 3.31. The summed E-state index contributed by atoms with van der Waals surface area (Å²) in [5.41, 5.74) is 4.01. The van der Waals surface area contributed by atoms with Crippen LogP contribution in [0.4, 0.5) is 0 Å². The van der Waals surface area contributed by atoms with E-state index in [1.807, 2.05) is 62.6 Å². The SMILES string of the molecule is Cc1ccc(-c2cc(C(=O)O)cc(-n3c(C)nnc3C(C)C)c2)cc1. The van der Waals surface area contributed by atoms with Gasteiger partial charge in [-0.25, -0.2) is 4.79 Å². The van der Waals surface area contributed by atoms with E-state index < -0.39 is 5.97 Å². The number of carboxylic acids is 1. The van der Waals surface area contributed by atoms with Crippen molar-refractivity contribution in [1.29, 1.82) is 0 Å². The molecule has 25 heavy (non-hydrogen) atoms. The van der Waals surface area contributed by atoms with Crippen LogP contribution in [0.2, 0.25) is 0 Å². The van der Waals surface area contributed by atoms with E-state index in [0.29, 0.717) is 0 Å². The Kier molecular flexibility index (Phi) is 4.40. The Bertz CT molecular complexity index is 925. The molecular formula is C20H21N3O2. The first-order valence-corrected chi connectivity index (χ1v) is 8.24. The molecule has 0 aliphatic carbocycles. The van der Waals surface area contributed by atoms with Gasteiger partial charge >= 0.3 is 5.97 Å². The van der Waals surface area contributed by atoms with Crippen molar-refractivity contribution in [3.05, 3.63) is 65.2 Å². The van der Waals surface area contributed by atoms with Gasteiger partial charge in [-0.15, -0.1) is 10.2 Å². The molecule has 0 fully saturated rings. The first-order chi connectivity index (χ1) is 11.9. The largest absolute Gasteiger partial charge is 0.478 e. The van der Waals surface area contributed by atoms with Gasteiger partial charge in [0.05, 0.1) is 11.3 Å². The molecular weight excluding hydrogens is 314 g/mol. The van der Waals surface area contributed by atoms with E-state index in [1.54, 1.807) is 12.1 Å². The van der Waals surface area contributed by atoms with Crippen LogP contribution in [0, 0.1) is 13.8 Å². The van der Waals surface area contributed by atoms with E-state index in [4.69, 9.17) is 0 Å². The Morgan fingerprint density at radius 1 is 1.00 bits per heavy atom. The summed E-state index contributed by atoms with van der Waals surface area (Å²) < 4.78 is 1.93. The van der Waals surface area contributed by atoms with E-state index in [1.165, 1.54) is 0 Å². The fourth-order valence-corrected chi connectivity index (χ4v) is 2.85.